The molecule has 1 aromatic heterocycles. The van der Waals surface area contributed by atoms with Crippen molar-refractivity contribution in [3.8, 4) is 11.8 Å². The maximum absolute atomic E-state index is 11.1. The Kier molecular flexibility index (Phi) is 8.35. The van der Waals surface area contributed by atoms with Crippen LogP contribution < -0.4 is 0 Å². The summed E-state index contributed by atoms with van der Waals surface area (Å²) in [5.74, 6) is 6.40. The first-order chi connectivity index (χ1) is 13.9. The van der Waals surface area contributed by atoms with Crippen molar-refractivity contribution in [1.29, 1.82) is 0 Å². The lowest BCUT2D eigenvalue weighted by Gasteiger charge is -2.42. The standard InChI is InChI=1S/C23H35N3O3S/c1-16(2)17(3)9-10-18(4)19(5)21-28-11-20(12-29-21)30-22(6,7)23(8,27)13-26-15-24-14-25-26/h14-15,20-21,27H,11-13H2,1-8H3/b19-18-. The minimum Gasteiger partial charge on any atom is -0.387 e. The quantitative estimate of drug-likeness (QED) is 0.685. The molecule has 0 aromatic carbocycles. The molecule has 7 heteroatoms. The van der Waals surface area contributed by atoms with Gasteiger partial charge in [-0.3, -0.25) is 4.68 Å². The SMILES string of the molecule is CC(C)=C(C)C#C/C(C)=C(/C)C1OCC(SC(C)(C)C(C)(O)Cn2cncn2)CO1. The molecule has 1 aliphatic rings. The van der Waals surface area contributed by atoms with Gasteiger partial charge in [-0.05, 0) is 66.5 Å². The molecule has 1 aromatic rings. The highest BCUT2D eigenvalue weighted by Crippen LogP contribution is 2.40. The zero-order valence-corrected chi connectivity index (χ0v) is 20.3. The first-order valence-corrected chi connectivity index (χ1v) is 11.1. The molecule has 1 atom stereocenters. The van der Waals surface area contributed by atoms with Gasteiger partial charge >= 0.3 is 0 Å². The van der Waals surface area contributed by atoms with E-state index in [9.17, 15) is 5.11 Å². The average molecular weight is 434 g/mol. The molecule has 30 heavy (non-hydrogen) atoms. The molecular formula is C23H35N3O3S. The lowest BCUT2D eigenvalue weighted by atomic mass is 9.91. The number of ether oxygens (including phenoxy) is 2. The van der Waals surface area contributed by atoms with Gasteiger partial charge in [-0.2, -0.15) is 5.10 Å². The van der Waals surface area contributed by atoms with Crippen LogP contribution in [0.1, 0.15) is 55.4 Å². The third-order valence-corrected chi connectivity index (χ3v) is 7.33. The van der Waals surface area contributed by atoms with E-state index in [-0.39, 0.29) is 11.5 Å². The van der Waals surface area contributed by atoms with Crippen LogP contribution in [0.3, 0.4) is 0 Å². The summed E-state index contributed by atoms with van der Waals surface area (Å²) in [4.78, 5) is 3.95. The molecule has 0 radical (unpaired) electrons. The van der Waals surface area contributed by atoms with Crippen molar-refractivity contribution in [2.45, 2.75) is 83.8 Å². The third kappa shape index (κ3) is 6.45. The average Bonchev–Trinajstić information content (AvgIpc) is 3.17. The van der Waals surface area contributed by atoms with Gasteiger partial charge in [-0.15, -0.1) is 11.8 Å². The molecule has 1 N–H and O–H groups in total. The summed E-state index contributed by atoms with van der Waals surface area (Å²) in [6, 6.07) is 0. The van der Waals surface area contributed by atoms with Crippen LogP contribution in [0, 0.1) is 11.8 Å². The first kappa shape index (κ1) is 24.7. The maximum Gasteiger partial charge on any atom is 0.180 e. The van der Waals surface area contributed by atoms with Crippen LogP contribution in [0.4, 0.5) is 0 Å². The molecule has 1 saturated heterocycles. The van der Waals surface area contributed by atoms with Crippen molar-refractivity contribution >= 4 is 11.8 Å². The highest BCUT2D eigenvalue weighted by molar-refractivity contribution is 8.01. The second-order valence-corrected chi connectivity index (χ2v) is 10.7. The second kappa shape index (κ2) is 10.1. The maximum atomic E-state index is 11.1. The number of allylic oxidation sites excluding steroid dienone is 3. The Morgan fingerprint density at radius 1 is 1.10 bits per heavy atom. The second-order valence-electron chi connectivity index (χ2n) is 8.80. The molecule has 2 heterocycles. The summed E-state index contributed by atoms with van der Waals surface area (Å²) in [6.45, 7) is 17.6. The highest BCUT2D eigenvalue weighted by Gasteiger charge is 2.43. The summed E-state index contributed by atoms with van der Waals surface area (Å²) in [5, 5.41) is 15.3. The zero-order chi connectivity index (χ0) is 22.5. The molecular weight excluding hydrogens is 398 g/mol. The van der Waals surface area contributed by atoms with Crippen molar-refractivity contribution in [3.05, 3.63) is 34.9 Å². The van der Waals surface area contributed by atoms with Gasteiger partial charge < -0.3 is 14.6 Å². The minimum atomic E-state index is -0.979. The fourth-order valence-corrected chi connectivity index (χ4v) is 4.20. The normalized spacial score (nSPS) is 22.4. The Labute approximate surface area is 185 Å². The summed E-state index contributed by atoms with van der Waals surface area (Å²) in [5.41, 5.74) is 3.31. The van der Waals surface area contributed by atoms with Gasteiger partial charge in [0.05, 0.1) is 30.6 Å². The largest absolute Gasteiger partial charge is 0.387 e. The number of rotatable bonds is 6. The Morgan fingerprint density at radius 3 is 2.23 bits per heavy atom. The number of hydrogen-bond donors (Lipinski definition) is 1. The van der Waals surface area contributed by atoms with E-state index in [1.54, 1.807) is 22.8 Å². The Bertz CT molecular complexity index is 833. The van der Waals surface area contributed by atoms with E-state index in [4.69, 9.17) is 9.47 Å². The van der Waals surface area contributed by atoms with Gasteiger partial charge in [0.2, 0.25) is 0 Å². The van der Waals surface area contributed by atoms with E-state index >= 15 is 0 Å². The van der Waals surface area contributed by atoms with Crippen LogP contribution in [-0.2, 0) is 16.0 Å². The third-order valence-electron chi connectivity index (χ3n) is 5.69. The molecule has 2 rings (SSSR count). The van der Waals surface area contributed by atoms with Gasteiger partial charge in [0.15, 0.2) is 6.29 Å². The van der Waals surface area contributed by atoms with Crippen LogP contribution in [0.5, 0.6) is 0 Å². The van der Waals surface area contributed by atoms with E-state index in [0.717, 1.165) is 16.7 Å². The molecule has 0 saturated carbocycles. The van der Waals surface area contributed by atoms with Crippen molar-refractivity contribution < 1.29 is 14.6 Å². The molecule has 166 valence electrons. The Hall–Kier alpha value is -1.59. The van der Waals surface area contributed by atoms with E-state index in [1.807, 2.05) is 41.5 Å². The molecule has 0 spiro atoms. The van der Waals surface area contributed by atoms with Crippen LogP contribution in [0.25, 0.3) is 0 Å². The molecule has 6 nitrogen and oxygen atoms in total. The minimum absolute atomic E-state index is 0.130. The molecule has 0 aliphatic carbocycles. The van der Waals surface area contributed by atoms with Gasteiger partial charge in [0.1, 0.15) is 12.7 Å². The number of aliphatic hydroxyl groups is 1. The van der Waals surface area contributed by atoms with Gasteiger partial charge in [-0.25, -0.2) is 4.98 Å². The van der Waals surface area contributed by atoms with E-state index in [0.29, 0.717) is 19.8 Å². The van der Waals surface area contributed by atoms with Crippen molar-refractivity contribution in [3.63, 3.8) is 0 Å². The van der Waals surface area contributed by atoms with Crippen molar-refractivity contribution in [2.75, 3.05) is 13.2 Å². The van der Waals surface area contributed by atoms with Crippen LogP contribution in [-0.4, -0.2) is 55.0 Å². The number of nitrogens with zero attached hydrogens (tertiary/aromatic N) is 3. The monoisotopic (exact) mass is 433 g/mol. The summed E-state index contributed by atoms with van der Waals surface area (Å²) < 4.78 is 13.2. The fourth-order valence-electron chi connectivity index (χ4n) is 2.76. The zero-order valence-electron chi connectivity index (χ0n) is 19.4. The van der Waals surface area contributed by atoms with E-state index in [1.165, 1.54) is 11.9 Å². The first-order valence-electron chi connectivity index (χ1n) is 10.2. The summed E-state index contributed by atoms with van der Waals surface area (Å²) >= 11 is 1.68. The highest BCUT2D eigenvalue weighted by atomic mass is 32.2. The number of hydrogen-bond acceptors (Lipinski definition) is 6. The van der Waals surface area contributed by atoms with E-state index < -0.39 is 10.3 Å². The summed E-state index contributed by atoms with van der Waals surface area (Å²) in [7, 11) is 0. The van der Waals surface area contributed by atoms with Crippen molar-refractivity contribution in [1.82, 2.24) is 14.8 Å². The van der Waals surface area contributed by atoms with Crippen molar-refractivity contribution in [2.24, 2.45) is 0 Å². The Morgan fingerprint density at radius 2 is 1.70 bits per heavy atom. The number of aromatic nitrogens is 3. The molecule has 1 aliphatic heterocycles. The van der Waals surface area contributed by atoms with Crippen LogP contribution in [0.15, 0.2) is 34.9 Å². The fraction of sp³-hybridized carbons (Fsp3) is 0.652. The molecule has 1 unspecified atom stereocenters. The van der Waals surface area contributed by atoms with Gasteiger partial charge in [-0.1, -0.05) is 17.4 Å². The van der Waals surface area contributed by atoms with Crippen LogP contribution >= 0.6 is 11.8 Å². The van der Waals surface area contributed by atoms with Gasteiger partial charge in [0, 0.05) is 10.3 Å². The van der Waals surface area contributed by atoms with Gasteiger partial charge in [0.25, 0.3) is 0 Å². The van der Waals surface area contributed by atoms with E-state index in [2.05, 4.69) is 35.8 Å². The topological polar surface area (TPSA) is 69.4 Å². The molecule has 0 bridgehead atoms. The lowest BCUT2D eigenvalue weighted by molar-refractivity contribution is -0.153. The Balaban J connectivity index is 1.96. The summed E-state index contributed by atoms with van der Waals surface area (Å²) in [6.07, 6.45) is 2.72. The van der Waals surface area contributed by atoms with Crippen LogP contribution in [0.2, 0.25) is 0 Å². The smallest absolute Gasteiger partial charge is 0.180 e. The number of thioether (sulfide) groups is 1. The molecule has 0 amide bonds. The lowest BCUT2D eigenvalue weighted by Crippen LogP contribution is -2.50. The predicted octanol–water partition coefficient (Wildman–Crippen LogP) is 3.98. The molecule has 1 fully saturated rings. The predicted molar refractivity (Wildman–Crippen MR) is 122 cm³/mol.